The number of allylic oxidation sites excluding steroid dienone is 11. The van der Waals surface area contributed by atoms with Crippen molar-refractivity contribution in [2.75, 3.05) is 40.9 Å². The summed E-state index contributed by atoms with van der Waals surface area (Å²) in [5.41, 5.74) is 0. The Hall–Kier alpha value is -2.55. The predicted octanol–water partition coefficient (Wildman–Crippen LogP) is 22.5. The molecule has 0 aliphatic carbocycles. The quantitative estimate of drug-likeness (QED) is 0.0212. The molecule has 9 nitrogen and oxygen atoms in total. The second-order valence-corrected chi connectivity index (χ2v) is 27.1. The summed E-state index contributed by atoms with van der Waals surface area (Å²) in [7, 11) is 1.18. The van der Waals surface area contributed by atoms with Crippen LogP contribution in [0.4, 0.5) is 0 Å². The molecular weight excluding hydrogens is 1070 g/mol. The molecule has 3 atom stereocenters. The first kappa shape index (κ1) is 82.5. The number of nitrogens with one attached hydrogen (secondary N) is 1. The molecule has 3 unspecified atom stereocenters. The van der Waals surface area contributed by atoms with E-state index >= 15 is 0 Å². The summed E-state index contributed by atoms with van der Waals surface area (Å²) >= 11 is 0. The SMILES string of the molecule is CC/C=C\C/C=C\C/C=C\C/C=C\C/C=C\CCCCCCCC(=O)OC(/C=C/CCCCCCCCCCC)C(COP(=O)([O-])OCC[N+](C)(C)C)NC(=O)CCCCCCCCCCCCCCCCCCCCCCCCCCCCC. The van der Waals surface area contributed by atoms with Gasteiger partial charge in [0.15, 0.2) is 0 Å². The van der Waals surface area contributed by atoms with Crippen molar-refractivity contribution in [3.8, 4) is 0 Å². The highest BCUT2D eigenvalue weighted by molar-refractivity contribution is 7.45. The molecule has 0 radical (unpaired) electrons. The molecule has 0 saturated carbocycles. The third-order valence-electron chi connectivity index (χ3n) is 16.2. The lowest BCUT2D eigenvalue weighted by atomic mass is 10.0. The summed E-state index contributed by atoms with van der Waals surface area (Å²) in [6, 6.07) is -0.898. The van der Waals surface area contributed by atoms with Crippen LogP contribution in [0, 0.1) is 0 Å². The molecule has 0 bridgehead atoms. The van der Waals surface area contributed by atoms with Crippen LogP contribution in [0.15, 0.2) is 72.9 Å². The minimum absolute atomic E-state index is 0.0264. The van der Waals surface area contributed by atoms with Crippen molar-refractivity contribution in [2.24, 2.45) is 0 Å². The second kappa shape index (κ2) is 64.4. The standard InChI is InChI=1S/C75H139N2O7P/c1-7-10-13-16-19-22-25-27-29-31-33-35-36-37-38-39-40-42-43-45-47-49-52-55-58-61-64-67-74(78)76-72(71-83-85(80,81)82-70-69-77(4,5)6)73(66-63-60-57-54-51-24-21-18-15-12-9-3)84-75(79)68-65-62-59-56-53-50-48-46-44-41-34-32-30-28-26-23-20-17-14-11-8-2/h11,14,20,23,28,30,34,41,46,48,63,66,72-73H,7-10,12-13,15-19,21-22,24-27,29,31-33,35-40,42-45,47,49-62,64-65,67-71H2,1-6H3,(H-,76,78,80,81)/b14-11-,23-20-,30-28-,41-34-,48-46-,66-63+. The molecule has 496 valence electrons. The number of hydrogen-bond donors (Lipinski definition) is 1. The lowest BCUT2D eigenvalue weighted by Crippen LogP contribution is -2.47. The predicted molar refractivity (Wildman–Crippen MR) is 367 cm³/mol. The minimum Gasteiger partial charge on any atom is -0.756 e. The Morgan fingerprint density at radius 2 is 0.753 bits per heavy atom. The first-order valence-electron chi connectivity index (χ1n) is 36.2. The number of ether oxygens (including phenoxy) is 1. The number of likely N-dealkylation sites (N-methyl/N-ethyl adjacent to an activating group) is 1. The molecule has 0 aromatic carbocycles. The average molecular weight is 1210 g/mol. The summed E-state index contributed by atoms with van der Waals surface area (Å²) in [5.74, 6) is -0.552. The van der Waals surface area contributed by atoms with E-state index in [1.54, 1.807) is 0 Å². The van der Waals surface area contributed by atoms with Crippen LogP contribution in [0.1, 0.15) is 342 Å². The zero-order valence-electron chi connectivity index (χ0n) is 56.8. The normalized spacial score (nSPS) is 13.9. The molecule has 85 heavy (non-hydrogen) atoms. The number of carbonyl (C=O) groups is 2. The van der Waals surface area contributed by atoms with Gasteiger partial charge in [-0.05, 0) is 76.7 Å². The number of carbonyl (C=O) groups excluding carboxylic acids is 2. The van der Waals surface area contributed by atoms with Gasteiger partial charge in [0, 0.05) is 12.8 Å². The third-order valence-corrected chi connectivity index (χ3v) is 17.1. The van der Waals surface area contributed by atoms with E-state index in [-0.39, 0.29) is 24.9 Å². The molecule has 10 heteroatoms. The van der Waals surface area contributed by atoms with Gasteiger partial charge >= 0.3 is 5.97 Å². The fraction of sp³-hybridized carbons (Fsp3) is 0.813. The van der Waals surface area contributed by atoms with E-state index in [1.165, 1.54) is 199 Å². The van der Waals surface area contributed by atoms with E-state index in [9.17, 15) is 19.0 Å². The fourth-order valence-corrected chi connectivity index (χ4v) is 11.3. The second-order valence-electron chi connectivity index (χ2n) is 25.7. The number of quaternary nitrogens is 1. The van der Waals surface area contributed by atoms with E-state index in [0.29, 0.717) is 23.9 Å². The van der Waals surface area contributed by atoms with E-state index < -0.39 is 26.6 Å². The Balaban J connectivity index is 4.98. The largest absolute Gasteiger partial charge is 0.756 e. The van der Waals surface area contributed by atoms with Crippen LogP contribution in [0.2, 0.25) is 0 Å². The van der Waals surface area contributed by atoms with E-state index in [2.05, 4.69) is 86.8 Å². The highest BCUT2D eigenvalue weighted by Crippen LogP contribution is 2.38. The van der Waals surface area contributed by atoms with E-state index in [1.807, 2.05) is 33.3 Å². The Kier molecular flexibility index (Phi) is 62.5. The molecule has 0 aromatic rings. The maximum Gasteiger partial charge on any atom is 0.306 e. The maximum atomic E-state index is 13.6. The smallest absolute Gasteiger partial charge is 0.306 e. The van der Waals surface area contributed by atoms with Crippen molar-refractivity contribution in [3.05, 3.63) is 72.9 Å². The molecule has 0 saturated heterocycles. The number of phosphoric acid groups is 1. The minimum atomic E-state index is -4.71. The van der Waals surface area contributed by atoms with Crippen molar-refractivity contribution in [1.29, 1.82) is 0 Å². The molecule has 1 N–H and O–H groups in total. The van der Waals surface area contributed by atoms with Gasteiger partial charge in [0.05, 0.1) is 33.8 Å². The van der Waals surface area contributed by atoms with Crippen LogP contribution in [-0.2, 0) is 27.9 Å². The van der Waals surface area contributed by atoms with Gasteiger partial charge in [-0.2, -0.15) is 0 Å². The van der Waals surface area contributed by atoms with Gasteiger partial charge in [-0.3, -0.25) is 14.2 Å². The van der Waals surface area contributed by atoms with Crippen molar-refractivity contribution >= 4 is 19.7 Å². The van der Waals surface area contributed by atoms with Gasteiger partial charge in [0.25, 0.3) is 7.82 Å². The summed E-state index contributed by atoms with van der Waals surface area (Å²) in [5, 5.41) is 3.04. The van der Waals surface area contributed by atoms with Crippen LogP contribution < -0.4 is 10.2 Å². The van der Waals surface area contributed by atoms with Gasteiger partial charge in [0.2, 0.25) is 5.91 Å². The van der Waals surface area contributed by atoms with Gasteiger partial charge < -0.3 is 28.5 Å². The molecule has 0 fully saturated rings. The number of rotatable bonds is 66. The van der Waals surface area contributed by atoms with Crippen LogP contribution >= 0.6 is 7.82 Å². The van der Waals surface area contributed by atoms with Crippen molar-refractivity contribution in [2.45, 2.75) is 354 Å². The summed E-state index contributed by atoms with van der Waals surface area (Å²) in [6.07, 6.45) is 84.7. The molecule has 1 amide bonds. The Bertz CT molecular complexity index is 1680. The van der Waals surface area contributed by atoms with E-state index in [4.69, 9.17) is 13.8 Å². The molecule has 0 aliphatic heterocycles. The lowest BCUT2D eigenvalue weighted by Gasteiger charge is -2.30. The highest BCUT2D eigenvalue weighted by atomic mass is 31.2. The first-order chi connectivity index (χ1) is 41.4. The molecule has 0 heterocycles. The topological polar surface area (TPSA) is 114 Å². The first-order valence-corrected chi connectivity index (χ1v) is 37.7. The summed E-state index contributed by atoms with van der Waals surface area (Å²) < 4.78 is 30.4. The summed E-state index contributed by atoms with van der Waals surface area (Å²) in [6.45, 7) is 6.75. The number of esters is 1. The van der Waals surface area contributed by atoms with Crippen LogP contribution in [0.25, 0.3) is 0 Å². The molecule has 0 aliphatic rings. The number of phosphoric ester groups is 1. The Morgan fingerprint density at radius 3 is 1.13 bits per heavy atom. The van der Waals surface area contributed by atoms with E-state index in [0.717, 1.165) is 103 Å². The van der Waals surface area contributed by atoms with Gasteiger partial charge in [0.1, 0.15) is 19.3 Å². The average Bonchev–Trinajstić information content (AvgIpc) is 3.63. The van der Waals surface area contributed by atoms with Crippen molar-refractivity contribution in [1.82, 2.24) is 5.32 Å². The molecular formula is C75H139N2O7P. The van der Waals surface area contributed by atoms with Crippen LogP contribution in [0.5, 0.6) is 0 Å². The third kappa shape index (κ3) is 65.7. The van der Waals surface area contributed by atoms with Crippen molar-refractivity contribution < 1.29 is 37.3 Å². The number of unbranched alkanes of at least 4 members (excludes halogenated alkanes) is 40. The van der Waals surface area contributed by atoms with Crippen LogP contribution in [-0.4, -0.2) is 69.4 Å². The van der Waals surface area contributed by atoms with Gasteiger partial charge in [-0.15, -0.1) is 0 Å². The molecule has 0 spiro atoms. The highest BCUT2D eigenvalue weighted by Gasteiger charge is 2.27. The molecule has 0 rings (SSSR count). The zero-order valence-corrected chi connectivity index (χ0v) is 57.7. The van der Waals surface area contributed by atoms with Gasteiger partial charge in [-0.1, -0.05) is 325 Å². The summed E-state index contributed by atoms with van der Waals surface area (Å²) in [4.78, 5) is 40.2. The monoisotopic (exact) mass is 1210 g/mol. The van der Waals surface area contributed by atoms with Crippen LogP contribution in [0.3, 0.4) is 0 Å². The molecule has 0 aromatic heterocycles. The maximum absolute atomic E-state index is 13.6. The van der Waals surface area contributed by atoms with Gasteiger partial charge in [-0.25, -0.2) is 0 Å². The Labute approximate surface area is 527 Å². The number of amides is 1. The Morgan fingerprint density at radius 1 is 0.424 bits per heavy atom. The zero-order chi connectivity index (χ0) is 62.1. The number of hydrogen-bond acceptors (Lipinski definition) is 7. The van der Waals surface area contributed by atoms with Crippen molar-refractivity contribution in [3.63, 3.8) is 0 Å². The fourth-order valence-electron chi connectivity index (χ4n) is 10.6. The lowest BCUT2D eigenvalue weighted by molar-refractivity contribution is -0.870. The number of nitrogens with zero attached hydrogens (tertiary/aromatic N) is 1.